The average molecular weight is 427 g/mol. The molecule has 1 atom stereocenters. The molecule has 1 N–H and O–H groups in total. The van der Waals surface area contributed by atoms with Crippen LogP contribution in [0, 0.1) is 13.8 Å². The molecule has 0 saturated heterocycles. The van der Waals surface area contributed by atoms with Crippen molar-refractivity contribution in [3.63, 3.8) is 0 Å². The van der Waals surface area contributed by atoms with Gasteiger partial charge in [0.15, 0.2) is 4.34 Å². The number of aromatic nitrogens is 2. The topological polar surface area (TPSA) is 92.3 Å². The highest BCUT2D eigenvalue weighted by atomic mass is 32.2. The summed E-state index contributed by atoms with van der Waals surface area (Å²) in [7, 11) is -3.67. The van der Waals surface area contributed by atoms with Gasteiger partial charge in [0.25, 0.3) is 0 Å². The van der Waals surface area contributed by atoms with Crippen LogP contribution in [0.2, 0.25) is 0 Å². The number of amides is 1. The molecule has 1 unspecified atom stereocenters. The number of anilines is 2. The number of thioether (sulfide) groups is 1. The van der Waals surface area contributed by atoms with E-state index in [2.05, 4.69) is 22.1 Å². The van der Waals surface area contributed by atoms with E-state index in [1.165, 1.54) is 23.1 Å². The van der Waals surface area contributed by atoms with E-state index in [9.17, 15) is 13.2 Å². The minimum absolute atomic E-state index is 0.326. The molecule has 146 valence electrons. The maximum Gasteiger partial charge on any atom is 0.249 e. The molecule has 27 heavy (non-hydrogen) atoms. The van der Waals surface area contributed by atoms with Crippen molar-refractivity contribution in [2.75, 3.05) is 21.6 Å². The normalized spacial score (nSPS) is 12.4. The Bertz CT molecular complexity index is 941. The van der Waals surface area contributed by atoms with Gasteiger partial charge in [0.1, 0.15) is 6.04 Å². The highest BCUT2D eigenvalue weighted by molar-refractivity contribution is 8.01. The van der Waals surface area contributed by atoms with Gasteiger partial charge in [0, 0.05) is 5.75 Å². The second kappa shape index (κ2) is 8.85. The number of nitrogens with one attached hydrogen (secondary N) is 1. The van der Waals surface area contributed by atoms with E-state index >= 15 is 0 Å². The number of nitrogens with zero attached hydrogens (tertiary/aromatic N) is 3. The first-order chi connectivity index (χ1) is 12.6. The van der Waals surface area contributed by atoms with Crippen LogP contribution in [0.25, 0.3) is 0 Å². The predicted molar refractivity (Wildman–Crippen MR) is 112 cm³/mol. The van der Waals surface area contributed by atoms with Crippen LogP contribution in [0.3, 0.4) is 0 Å². The summed E-state index contributed by atoms with van der Waals surface area (Å²) >= 11 is 2.69. The van der Waals surface area contributed by atoms with E-state index in [-0.39, 0.29) is 0 Å². The van der Waals surface area contributed by atoms with Gasteiger partial charge in [0.2, 0.25) is 21.1 Å². The molecule has 10 heteroatoms. The molecule has 7 nitrogen and oxygen atoms in total. The maximum absolute atomic E-state index is 12.6. The van der Waals surface area contributed by atoms with Gasteiger partial charge in [-0.2, -0.15) is 0 Å². The molecule has 1 aromatic carbocycles. The lowest BCUT2D eigenvalue weighted by molar-refractivity contribution is -0.116. The van der Waals surface area contributed by atoms with Crippen LogP contribution >= 0.6 is 23.1 Å². The van der Waals surface area contributed by atoms with Crippen LogP contribution in [0.5, 0.6) is 0 Å². The van der Waals surface area contributed by atoms with Crippen molar-refractivity contribution >= 4 is 49.8 Å². The fraction of sp³-hybridized carbons (Fsp3) is 0.353. The molecule has 2 rings (SSSR count). The predicted octanol–water partition coefficient (Wildman–Crippen LogP) is 3.23. The standard InChI is InChI=1S/C17H22N4O3S3/c1-6-9-25-17-20-19-16(26-17)18-15(22)13(4)21(27(5,23)24)14-8-7-11(2)12(3)10-14/h6-8,10,13H,1,9H2,2-5H3,(H,18,19,22). The molecule has 0 saturated carbocycles. The lowest BCUT2D eigenvalue weighted by Gasteiger charge is -2.28. The molecule has 0 aliphatic heterocycles. The summed E-state index contributed by atoms with van der Waals surface area (Å²) in [5, 5.41) is 10.9. The van der Waals surface area contributed by atoms with E-state index in [1.54, 1.807) is 25.1 Å². The highest BCUT2D eigenvalue weighted by Crippen LogP contribution is 2.27. The maximum atomic E-state index is 12.6. The third-order valence-electron chi connectivity index (χ3n) is 3.79. The zero-order chi connectivity index (χ0) is 20.2. The van der Waals surface area contributed by atoms with E-state index in [1.807, 2.05) is 19.9 Å². The van der Waals surface area contributed by atoms with E-state index in [0.717, 1.165) is 21.7 Å². The van der Waals surface area contributed by atoms with Gasteiger partial charge in [-0.05, 0) is 44.0 Å². The Kier molecular flexibility index (Phi) is 7.01. The summed E-state index contributed by atoms with van der Waals surface area (Å²) in [6, 6.07) is 4.34. The first-order valence-electron chi connectivity index (χ1n) is 8.08. The Morgan fingerprint density at radius 3 is 2.67 bits per heavy atom. The number of hydrogen-bond acceptors (Lipinski definition) is 7. The fourth-order valence-corrected chi connectivity index (χ4v) is 5.01. The third kappa shape index (κ3) is 5.53. The Balaban J connectivity index is 2.23. The van der Waals surface area contributed by atoms with E-state index in [0.29, 0.717) is 20.9 Å². The molecule has 2 aromatic rings. The highest BCUT2D eigenvalue weighted by Gasteiger charge is 2.30. The van der Waals surface area contributed by atoms with Gasteiger partial charge in [-0.15, -0.1) is 16.8 Å². The smallest absolute Gasteiger partial charge is 0.249 e. The number of carbonyl (C=O) groups is 1. The third-order valence-corrected chi connectivity index (χ3v) is 7.00. The van der Waals surface area contributed by atoms with Gasteiger partial charge in [-0.3, -0.25) is 14.4 Å². The Hall–Kier alpha value is -1.91. The van der Waals surface area contributed by atoms with Gasteiger partial charge < -0.3 is 0 Å². The second-order valence-corrected chi connectivity index (χ2v) is 10.1. The van der Waals surface area contributed by atoms with Crippen LogP contribution in [-0.4, -0.2) is 42.6 Å². The lowest BCUT2D eigenvalue weighted by Crippen LogP contribution is -2.45. The number of sulfonamides is 1. The van der Waals surface area contributed by atoms with Crippen molar-refractivity contribution in [1.82, 2.24) is 10.2 Å². The number of hydrogen-bond donors (Lipinski definition) is 1. The molecule has 0 spiro atoms. The van der Waals surface area contributed by atoms with Crippen molar-refractivity contribution in [2.24, 2.45) is 0 Å². The molecule has 1 heterocycles. The molecule has 0 aliphatic rings. The zero-order valence-electron chi connectivity index (χ0n) is 15.6. The molecular weight excluding hydrogens is 404 g/mol. The Morgan fingerprint density at radius 1 is 1.37 bits per heavy atom. The van der Waals surface area contributed by atoms with Gasteiger partial charge >= 0.3 is 0 Å². The quantitative estimate of drug-likeness (QED) is 0.396. The molecule has 0 aliphatic carbocycles. The summed E-state index contributed by atoms with van der Waals surface area (Å²) in [5.74, 6) is 0.211. The SMILES string of the molecule is C=CCSc1nnc(NC(=O)C(C)N(c2ccc(C)c(C)c2)S(C)(=O)=O)s1. The summed E-state index contributed by atoms with van der Waals surface area (Å²) in [6.07, 6.45) is 2.83. The largest absolute Gasteiger partial charge is 0.299 e. The van der Waals surface area contributed by atoms with Crippen LogP contribution in [-0.2, 0) is 14.8 Å². The van der Waals surface area contributed by atoms with Crippen molar-refractivity contribution < 1.29 is 13.2 Å². The van der Waals surface area contributed by atoms with Crippen molar-refractivity contribution in [3.8, 4) is 0 Å². The monoisotopic (exact) mass is 426 g/mol. The summed E-state index contributed by atoms with van der Waals surface area (Å²) in [6.45, 7) is 9.02. The van der Waals surface area contributed by atoms with Crippen LogP contribution in [0.4, 0.5) is 10.8 Å². The van der Waals surface area contributed by atoms with Crippen molar-refractivity contribution in [2.45, 2.75) is 31.2 Å². The van der Waals surface area contributed by atoms with Crippen LogP contribution in [0.1, 0.15) is 18.1 Å². The molecular formula is C17H22N4O3S3. The van der Waals surface area contributed by atoms with Gasteiger partial charge in [0.05, 0.1) is 11.9 Å². The first kappa shape index (κ1) is 21.4. The fourth-order valence-electron chi connectivity index (χ4n) is 2.33. The molecule has 0 radical (unpaired) electrons. The number of carbonyl (C=O) groups excluding carboxylic acids is 1. The summed E-state index contributed by atoms with van der Waals surface area (Å²) in [5.41, 5.74) is 2.44. The summed E-state index contributed by atoms with van der Waals surface area (Å²) < 4.78 is 26.5. The second-order valence-electron chi connectivity index (χ2n) is 5.97. The van der Waals surface area contributed by atoms with Crippen LogP contribution in [0.15, 0.2) is 35.2 Å². The van der Waals surface area contributed by atoms with E-state index in [4.69, 9.17) is 0 Å². The number of benzene rings is 1. The first-order valence-corrected chi connectivity index (χ1v) is 11.7. The van der Waals surface area contributed by atoms with Crippen molar-refractivity contribution in [1.29, 1.82) is 0 Å². The molecule has 1 aromatic heterocycles. The molecule has 0 fully saturated rings. The minimum Gasteiger partial charge on any atom is -0.299 e. The molecule has 0 bridgehead atoms. The number of rotatable bonds is 8. The zero-order valence-corrected chi connectivity index (χ0v) is 18.0. The van der Waals surface area contributed by atoms with Gasteiger partial charge in [-0.1, -0.05) is 35.2 Å². The number of aryl methyl sites for hydroxylation is 2. The van der Waals surface area contributed by atoms with Gasteiger partial charge in [-0.25, -0.2) is 8.42 Å². The minimum atomic E-state index is -3.67. The molecule has 1 amide bonds. The Morgan fingerprint density at radius 2 is 2.07 bits per heavy atom. The summed E-state index contributed by atoms with van der Waals surface area (Å²) in [4.78, 5) is 12.6. The average Bonchev–Trinajstić information content (AvgIpc) is 3.02. The lowest BCUT2D eigenvalue weighted by atomic mass is 10.1. The van der Waals surface area contributed by atoms with Crippen LogP contribution < -0.4 is 9.62 Å². The van der Waals surface area contributed by atoms with E-state index < -0.39 is 22.0 Å². The van der Waals surface area contributed by atoms with Crippen molar-refractivity contribution in [3.05, 3.63) is 42.0 Å². The Labute approximate surface area is 167 Å².